The molecule has 0 heterocycles. The zero-order chi connectivity index (χ0) is 17.1. The highest BCUT2D eigenvalue weighted by atomic mass is 28.3. The van der Waals surface area contributed by atoms with Crippen LogP contribution in [0.2, 0.25) is 13.1 Å². The van der Waals surface area contributed by atoms with Gasteiger partial charge in [-0.2, -0.15) is 0 Å². The first-order valence-electron chi connectivity index (χ1n) is 8.96. The number of unbranched alkanes of at least 4 members (excludes halogenated alkanes) is 6. The minimum atomic E-state index is -1.72. The first-order valence-corrected chi connectivity index (χ1v) is 12.0. The van der Waals surface area contributed by atoms with Gasteiger partial charge in [0.25, 0.3) is 0 Å². The molecular weight excluding hydrogens is 300 g/mol. The van der Waals surface area contributed by atoms with Crippen LogP contribution in [-0.2, 0) is 0 Å². The fourth-order valence-electron chi connectivity index (χ4n) is 2.99. The maximum atomic E-state index is 5.58. The van der Waals surface area contributed by atoms with Crippen LogP contribution in [0.5, 0.6) is 11.5 Å². The number of methoxy groups -OCH3 is 2. The Morgan fingerprint density at radius 3 is 2.04 bits per heavy atom. The molecule has 0 N–H and O–H groups in total. The third-order valence-electron chi connectivity index (χ3n) is 4.33. The van der Waals surface area contributed by atoms with Crippen molar-refractivity contribution in [3.05, 3.63) is 30.0 Å². The lowest BCUT2D eigenvalue weighted by atomic mass is 10.1. The van der Waals surface area contributed by atoms with Crippen LogP contribution in [0.25, 0.3) is 0 Å². The van der Waals surface area contributed by atoms with Gasteiger partial charge in [0.15, 0.2) is 0 Å². The van der Waals surface area contributed by atoms with Crippen molar-refractivity contribution in [3.8, 4) is 11.5 Å². The molecule has 0 spiro atoms. The van der Waals surface area contributed by atoms with Crippen molar-refractivity contribution in [2.24, 2.45) is 0 Å². The molecule has 130 valence electrons. The van der Waals surface area contributed by atoms with Gasteiger partial charge in [-0.3, -0.25) is 0 Å². The average Bonchev–Trinajstić information content (AvgIpc) is 2.56. The summed E-state index contributed by atoms with van der Waals surface area (Å²) in [6.07, 6.45) is 11.7. The van der Waals surface area contributed by atoms with E-state index in [-0.39, 0.29) is 0 Å². The molecule has 0 aliphatic carbocycles. The Labute approximate surface area is 143 Å². The van der Waals surface area contributed by atoms with Crippen molar-refractivity contribution in [2.45, 2.75) is 65.0 Å². The zero-order valence-corrected chi connectivity index (χ0v) is 16.7. The Bertz CT molecular complexity index is 458. The number of hydrogen-bond donors (Lipinski definition) is 0. The van der Waals surface area contributed by atoms with E-state index in [1.165, 1.54) is 50.1 Å². The molecular formula is C20H34O2Si. The molecule has 0 aliphatic rings. The van der Waals surface area contributed by atoms with E-state index in [2.05, 4.69) is 31.8 Å². The Hall–Kier alpha value is -1.22. The summed E-state index contributed by atoms with van der Waals surface area (Å²) in [6, 6.07) is 6.06. The number of ether oxygens (including phenoxy) is 2. The maximum absolute atomic E-state index is 5.58. The molecule has 0 aliphatic heterocycles. The predicted molar refractivity (Wildman–Crippen MR) is 104 cm³/mol. The van der Waals surface area contributed by atoms with E-state index in [0.717, 1.165) is 11.5 Å². The smallest absolute Gasteiger partial charge is 0.122 e. The van der Waals surface area contributed by atoms with Gasteiger partial charge in [-0.1, -0.05) is 70.0 Å². The monoisotopic (exact) mass is 334 g/mol. The lowest BCUT2D eigenvalue weighted by Gasteiger charge is -2.24. The van der Waals surface area contributed by atoms with Gasteiger partial charge in [0, 0.05) is 5.19 Å². The van der Waals surface area contributed by atoms with E-state index in [1.807, 2.05) is 18.2 Å². The van der Waals surface area contributed by atoms with Crippen molar-refractivity contribution in [1.29, 1.82) is 0 Å². The summed E-state index contributed by atoms with van der Waals surface area (Å²) < 4.78 is 11.2. The third-order valence-corrected chi connectivity index (χ3v) is 7.18. The quantitative estimate of drug-likeness (QED) is 0.395. The van der Waals surface area contributed by atoms with E-state index in [0.29, 0.717) is 0 Å². The van der Waals surface area contributed by atoms with Crippen molar-refractivity contribution in [2.75, 3.05) is 14.2 Å². The van der Waals surface area contributed by atoms with E-state index >= 15 is 0 Å². The van der Waals surface area contributed by atoms with Gasteiger partial charge in [0.2, 0.25) is 0 Å². The average molecular weight is 335 g/mol. The van der Waals surface area contributed by atoms with E-state index < -0.39 is 8.07 Å². The third kappa shape index (κ3) is 6.42. The summed E-state index contributed by atoms with van der Waals surface area (Å²) in [5, 5.41) is 1.25. The van der Waals surface area contributed by atoms with Gasteiger partial charge < -0.3 is 9.47 Å². The number of hydrogen-bond acceptors (Lipinski definition) is 2. The molecule has 2 nitrogen and oxygen atoms in total. The van der Waals surface area contributed by atoms with E-state index in [1.54, 1.807) is 14.2 Å². The lowest BCUT2D eigenvalue weighted by Crippen LogP contribution is -2.41. The molecule has 0 fully saturated rings. The van der Waals surface area contributed by atoms with Crippen molar-refractivity contribution >= 4 is 13.3 Å². The summed E-state index contributed by atoms with van der Waals surface area (Å²) in [5.41, 5.74) is 2.43. The van der Waals surface area contributed by atoms with Crippen LogP contribution in [0.3, 0.4) is 0 Å². The molecule has 0 saturated heterocycles. The summed E-state index contributed by atoms with van der Waals surface area (Å²) in [4.78, 5) is 0. The molecule has 0 atom stereocenters. The van der Waals surface area contributed by atoms with Crippen LogP contribution in [0.4, 0.5) is 0 Å². The minimum absolute atomic E-state index is 0.949. The molecule has 0 bridgehead atoms. The van der Waals surface area contributed by atoms with Crippen LogP contribution >= 0.6 is 0 Å². The second-order valence-corrected chi connectivity index (χ2v) is 11.0. The number of benzene rings is 1. The number of allylic oxidation sites excluding steroid dienone is 1. The zero-order valence-electron chi connectivity index (χ0n) is 15.7. The molecule has 0 radical (unpaired) electrons. The largest absolute Gasteiger partial charge is 0.497 e. The fourth-order valence-corrected chi connectivity index (χ4v) is 5.55. The number of rotatable bonds is 11. The fraction of sp³-hybridized carbons (Fsp3) is 0.600. The standard InChI is InChI=1S/C20H34O2Si/c1-6-7-8-9-10-11-12-13-17-23(4,5)20-18(21-2)15-14-16-19(20)22-3/h13-17H,6-12H2,1-5H3/b17-13+. The van der Waals surface area contributed by atoms with Gasteiger partial charge in [0.1, 0.15) is 19.6 Å². The molecule has 23 heavy (non-hydrogen) atoms. The van der Waals surface area contributed by atoms with Crippen LogP contribution < -0.4 is 14.7 Å². The van der Waals surface area contributed by atoms with E-state index in [9.17, 15) is 0 Å². The maximum Gasteiger partial charge on any atom is 0.122 e. The summed E-state index contributed by atoms with van der Waals surface area (Å²) in [7, 11) is 1.76. The Morgan fingerprint density at radius 2 is 1.48 bits per heavy atom. The Balaban J connectivity index is 2.63. The van der Waals surface area contributed by atoms with Gasteiger partial charge in [0.05, 0.1) is 14.2 Å². The highest BCUT2D eigenvalue weighted by Crippen LogP contribution is 2.23. The molecule has 1 aromatic carbocycles. The first kappa shape index (κ1) is 19.8. The van der Waals surface area contributed by atoms with Crippen molar-refractivity contribution in [3.63, 3.8) is 0 Å². The van der Waals surface area contributed by atoms with Crippen molar-refractivity contribution < 1.29 is 9.47 Å². The Morgan fingerprint density at radius 1 is 0.913 bits per heavy atom. The van der Waals surface area contributed by atoms with E-state index in [4.69, 9.17) is 9.47 Å². The van der Waals surface area contributed by atoms with Crippen LogP contribution in [0.1, 0.15) is 51.9 Å². The van der Waals surface area contributed by atoms with Crippen LogP contribution in [0, 0.1) is 0 Å². The lowest BCUT2D eigenvalue weighted by molar-refractivity contribution is 0.400. The predicted octanol–water partition coefficient (Wildman–Crippen LogP) is 5.47. The van der Waals surface area contributed by atoms with Gasteiger partial charge in [-0.15, -0.1) is 0 Å². The molecule has 1 rings (SSSR count). The highest BCUT2D eigenvalue weighted by molar-refractivity contribution is 6.95. The van der Waals surface area contributed by atoms with Crippen LogP contribution in [-0.4, -0.2) is 22.3 Å². The second-order valence-electron chi connectivity index (χ2n) is 6.72. The first-order chi connectivity index (χ1) is 11.1. The van der Waals surface area contributed by atoms with Gasteiger partial charge in [-0.05, 0) is 25.0 Å². The molecule has 0 amide bonds. The minimum Gasteiger partial charge on any atom is -0.497 e. The SMILES string of the molecule is CCCCCCCC/C=C/[Si](C)(C)c1c(OC)cccc1OC. The summed E-state index contributed by atoms with van der Waals surface area (Å²) in [5.74, 6) is 1.90. The van der Waals surface area contributed by atoms with Crippen molar-refractivity contribution in [1.82, 2.24) is 0 Å². The molecule has 1 aromatic rings. The van der Waals surface area contributed by atoms with Crippen LogP contribution in [0.15, 0.2) is 30.0 Å². The summed E-state index contributed by atoms with van der Waals surface area (Å²) >= 11 is 0. The highest BCUT2D eigenvalue weighted by Gasteiger charge is 2.27. The Kier molecular flexibility index (Phi) is 9.08. The molecule has 3 heteroatoms. The molecule has 0 saturated carbocycles. The second kappa shape index (κ2) is 10.5. The normalized spacial score (nSPS) is 11.9. The van der Waals surface area contributed by atoms with Gasteiger partial charge >= 0.3 is 0 Å². The topological polar surface area (TPSA) is 18.5 Å². The molecule has 0 aromatic heterocycles. The molecule has 0 unspecified atom stereocenters. The van der Waals surface area contributed by atoms with Gasteiger partial charge in [-0.25, -0.2) is 0 Å². The summed E-state index contributed by atoms with van der Waals surface area (Å²) in [6.45, 7) is 6.97.